The van der Waals surface area contributed by atoms with Crippen molar-refractivity contribution in [2.75, 3.05) is 0 Å². The van der Waals surface area contributed by atoms with Gasteiger partial charge in [-0.25, -0.2) is 4.98 Å². The van der Waals surface area contributed by atoms with E-state index in [-0.39, 0.29) is 11.9 Å². The second kappa shape index (κ2) is 6.34. The van der Waals surface area contributed by atoms with E-state index in [1.165, 1.54) is 11.1 Å². The molecule has 1 N–H and O–H groups in total. The molecule has 1 unspecified atom stereocenters. The zero-order chi connectivity index (χ0) is 19.3. The van der Waals surface area contributed by atoms with Gasteiger partial charge in [-0.1, -0.05) is 24.3 Å². The van der Waals surface area contributed by atoms with Gasteiger partial charge in [-0.3, -0.25) is 9.48 Å². The van der Waals surface area contributed by atoms with Crippen molar-refractivity contribution in [3.8, 4) is 11.5 Å². The first-order valence-corrected chi connectivity index (χ1v) is 9.38. The molecule has 0 saturated carbocycles. The van der Waals surface area contributed by atoms with Crippen molar-refractivity contribution >= 4 is 16.9 Å². The number of nitrogens with one attached hydrogen (secondary N) is 1. The molecule has 28 heavy (non-hydrogen) atoms. The van der Waals surface area contributed by atoms with Crippen molar-refractivity contribution in [1.82, 2.24) is 20.1 Å². The van der Waals surface area contributed by atoms with Gasteiger partial charge in [-0.15, -0.1) is 0 Å². The van der Waals surface area contributed by atoms with E-state index in [9.17, 15) is 4.79 Å². The van der Waals surface area contributed by atoms with Gasteiger partial charge in [0.15, 0.2) is 11.4 Å². The second-order valence-corrected chi connectivity index (χ2v) is 7.20. The summed E-state index contributed by atoms with van der Waals surface area (Å²) in [5.74, 6) is 0.513. The number of aryl methyl sites for hydroxylation is 3. The molecule has 1 atom stereocenters. The highest BCUT2D eigenvalue weighted by molar-refractivity contribution is 6.07. The van der Waals surface area contributed by atoms with Crippen LogP contribution in [0.1, 0.15) is 39.6 Å². The lowest BCUT2D eigenvalue weighted by Crippen LogP contribution is -2.27. The minimum atomic E-state index is -0.113. The molecule has 0 spiro atoms. The fourth-order valence-corrected chi connectivity index (χ4v) is 4.12. The van der Waals surface area contributed by atoms with E-state index < -0.39 is 0 Å². The Morgan fingerprint density at radius 3 is 2.93 bits per heavy atom. The van der Waals surface area contributed by atoms with Gasteiger partial charge in [-0.05, 0) is 49.1 Å². The largest absolute Gasteiger partial charge is 0.463 e. The summed E-state index contributed by atoms with van der Waals surface area (Å²) < 4.78 is 7.21. The molecule has 0 fully saturated rings. The fourth-order valence-electron chi connectivity index (χ4n) is 4.12. The standard InChI is InChI=1S/C22H20N4O2/c1-13-20-16(22(27)24-17-10-9-14-6-3-4-7-15(14)17)12-18(19-8-5-11-28-19)23-21(20)26(2)25-13/h3-8,11-12,17H,9-10H2,1-2H3,(H,24,27). The molecule has 0 bridgehead atoms. The second-order valence-electron chi connectivity index (χ2n) is 7.20. The highest BCUT2D eigenvalue weighted by Gasteiger charge is 2.26. The number of furan rings is 1. The van der Waals surface area contributed by atoms with Crippen LogP contribution in [0.2, 0.25) is 0 Å². The summed E-state index contributed by atoms with van der Waals surface area (Å²) in [6.07, 6.45) is 3.50. The third-order valence-corrected chi connectivity index (χ3v) is 5.43. The van der Waals surface area contributed by atoms with Gasteiger partial charge < -0.3 is 9.73 Å². The van der Waals surface area contributed by atoms with E-state index in [4.69, 9.17) is 4.42 Å². The lowest BCUT2D eigenvalue weighted by atomic mass is 10.1. The first kappa shape index (κ1) is 16.7. The average molecular weight is 372 g/mol. The lowest BCUT2D eigenvalue weighted by molar-refractivity contribution is 0.0938. The Morgan fingerprint density at radius 2 is 2.11 bits per heavy atom. The monoisotopic (exact) mass is 372 g/mol. The van der Waals surface area contributed by atoms with E-state index in [0.29, 0.717) is 22.7 Å². The predicted molar refractivity (Wildman–Crippen MR) is 106 cm³/mol. The summed E-state index contributed by atoms with van der Waals surface area (Å²) in [5.41, 5.74) is 5.16. The molecule has 1 amide bonds. The number of hydrogen-bond acceptors (Lipinski definition) is 4. The number of rotatable bonds is 3. The molecular formula is C22H20N4O2. The van der Waals surface area contributed by atoms with E-state index in [1.807, 2.05) is 38.2 Å². The van der Waals surface area contributed by atoms with Gasteiger partial charge in [0, 0.05) is 7.05 Å². The van der Waals surface area contributed by atoms with Crippen LogP contribution in [0.3, 0.4) is 0 Å². The Bertz CT molecular complexity index is 1190. The predicted octanol–water partition coefficient (Wildman–Crippen LogP) is 3.95. The van der Waals surface area contributed by atoms with Crippen LogP contribution in [0, 0.1) is 6.92 Å². The Kier molecular flexibility index (Phi) is 3.79. The molecule has 0 saturated heterocycles. The highest BCUT2D eigenvalue weighted by Crippen LogP contribution is 2.32. The van der Waals surface area contributed by atoms with E-state index in [0.717, 1.165) is 23.9 Å². The third kappa shape index (κ3) is 2.60. The minimum absolute atomic E-state index is 0.0240. The van der Waals surface area contributed by atoms with Crippen LogP contribution in [0.25, 0.3) is 22.5 Å². The number of benzene rings is 1. The van der Waals surface area contributed by atoms with Crippen molar-refractivity contribution in [1.29, 1.82) is 0 Å². The average Bonchev–Trinajstić information content (AvgIpc) is 3.42. The summed E-state index contributed by atoms with van der Waals surface area (Å²) in [5, 5.41) is 8.46. The summed E-state index contributed by atoms with van der Waals surface area (Å²) in [6, 6.07) is 13.8. The number of carbonyl (C=O) groups excluding carboxylic acids is 1. The SMILES string of the molecule is Cc1nn(C)c2nc(-c3ccco3)cc(C(=O)NC3CCc4ccccc43)c12. The molecule has 5 rings (SSSR count). The Hall–Kier alpha value is -3.41. The number of carbonyl (C=O) groups is 1. The zero-order valence-electron chi connectivity index (χ0n) is 15.8. The topological polar surface area (TPSA) is 73.0 Å². The number of fused-ring (bicyclic) bond motifs is 2. The first-order chi connectivity index (χ1) is 13.6. The maximum Gasteiger partial charge on any atom is 0.252 e. The van der Waals surface area contributed by atoms with E-state index in [2.05, 4.69) is 27.5 Å². The van der Waals surface area contributed by atoms with Gasteiger partial charge in [0.05, 0.1) is 28.9 Å². The summed E-state index contributed by atoms with van der Waals surface area (Å²) >= 11 is 0. The maximum absolute atomic E-state index is 13.3. The van der Waals surface area contributed by atoms with E-state index in [1.54, 1.807) is 17.0 Å². The number of aromatic nitrogens is 3. The van der Waals surface area contributed by atoms with Gasteiger partial charge >= 0.3 is 0 Å². The normalized spacial score (nSPS) is 15.7. The van der Waals surface area contributed by atoms with Crippen LogP contribution in [0.5, 0.6) is 0 Å². The minimum Gasteiger partial charge on any atom is -0.463 e. The molecule has 0 radical (unpaired) electrons. The Morgan fingerprint density at radius 1 is 1.25 bits per heavy atom. The van der Waals surface area contributed by atoms with Gasteiger partial charge in [0.1, 0.15) is 5.69 Å². The molecule has 4 aromatic rings. The van der Waals surface area contributed by atoms with Crippen molar-refractivity contribution in [2.45, 2.75) is 25.8 Å². The smallest absolute Gasteiger partial charge is 0.252 e. The molecule has 1 aliphatic rings. The van der Waals surface area contributed by atoms with Crippen molar-refractivity contribution in [3.63, 3.8) is 0 Å². The zero-order valence-corrected chi connectivity index (χ0v) is 15.8. The molecule has 0 aliphatic heterocycles. The number of amides is 1. The summed E-state index contributed by atoms with van der Waals surface area (Å²) in [4.78, 5) is 18.0. The molecule has 1 aromatic carbocycles. The molecule has 140 valence electrons. The molecule has 6 nitrogen and oxygen atoms in total. The molecule has 6 heteroatoms. The van der Waals surface area contributed by atoms with Gasteiger partial charge in [-0.2, -0.15) is 5.10 Å². The van der Waals surface area contributed by atoms with Crippen molar-refractivity contribution in [2.24, 2.45) is 7.05 Å². The van der Waals surface area contributed by atoms with Crippen LogP contribution in [-0.2, 0) is 13.5 Å². The summed E-state index contributed by atoms with van der Waals surface area (Å²) in [7, 11) is 1.84. The quantitative estimate of drug-likeness (QED) is 0.591. The number of pyridine rings is 1. The number of nitrogens with zero attached hydrogens (tertiary/aromatic N) is 3. The van der Waals surface area contributed by atoms with Crippen LogP contribution in [0.4, 0.5) is 0 Å². The number of hydrogen-bond donors (Lipinski definition) is 1. The molecular weight excluding hydrogens is 352 g/mol. The van der Waals surface area contributed by atoms with Gasteiger partial charge in [0.2, 0.25) is 0 Å². The lowest BCUT2D eigenvalue weighted by Gasteiger charge is -2.15. The summed E-state index contributed by atoms with van der Waals surface area (Å²) in [6.45, 7) is 1.90. The van der Waals surface area contributed by atoms with Crippen LogP contribution in [0.15, 0.2) is 53.1 Å². The van der Waals surface area contributed by atoms with E-state index >= 15 is 0 Å². The maximum atomic E-state index is 13.3. The van der Waals surface area contributed by atoms with Crippen molar-refractivity contribution < 1.29 is 9.21 Å². The Balaban J connectivity index is 1.59. The fraction of sp³-hybridized carbons (Fsp3) is 0.227. The van der Waals surface area contributed by atoms with Crippen molar-refractivity contribution in [3.05, 3.63) is 71.1 Å². The van der Waals surface area contributed by atoms with Crippen LogP contribution < -0.4 is 5.32 Å². The Labute approximate surface area is 162 Å². The highest BCUT2D eigenvalue weighted by atomic mass is 16.3. The molecule has 3 heterocycles. The van der Waals surface area contributed by atoms with Crippen LogP contribution >= 0.6 is 0 Å². The molecule has 3 aromatic heterocycles. The first-order valence-electron chi connectivity index (χ1n) is 9.38. The van der Waals surface area contributed by atoms with Gasteiger partial charge in [0.25, 0.3) is 5.91 Å². The molecule has 1 aliphatic carbocycles. The third-order valence-electron chi connectivity index (χ3n) is 5.43. The van der Waals surface area contributed by atoms with Crippen LogP contribution in [-0.4, -0.2) is 20.7 Å².